The van der Waals surface area contributed by atoms with Gasteiger partial charge in [-0.2, -0.15) is 0 Å². The highest BCUT2D eigenvalue weighted by Gasteiger charge is 2.18. The molecule has 1 rings (SSSR count). The molecule has 0 aromatic heterocycles. The van der Waals surface area contributed by atoms with Gasteiger partial charge >= 0.3 is 0 Å². The fourth-order valence-corrected chi connectivity index (χ4v) is 2.28. The first-order chi connectivity index (χ1) is 6.36. The summed E-state index contributed by atoms with van der Waals surface area (Å²) in [6.45, 7) is 0.367. The lowest BCUT2D eigenvalue weighted by molar-refractivity contribution is 0.255. The molecule has 0 bridgehead atoms. The van der Waals surface area contributed by atoms with Crippen molar-refractivity contribution in [3.63, 3.8) is 0 Å². The van der Waals surface area contributed by atoms with E-state index in [1.165, 1.54) is 38.5 Å². The van der Waals surface area contributed by atoms with Crippen LogP contribution in [-0.4, -0.2) is 24.8 Å². The Morgan fingerprint density at radius 1 is 1.15 bits per heavy atom. The SMILES string of the molecule is CN[C@H]1CC[C@H](CCCCO)CC1. The lowest BCUT2D eigenvalue weighted by Crippen LogP contribution is -2.30. The van der Waals surface area contributed by atoms with Crippen molar-refractivity contribution in [2.24, 2.45) is 5.92 Å². The van der Waals surface area contributed by atoms with Crippen LogP contribution in [0.15, 0.2) is 0 Å². The van der Waals surface area contributed by atoms with Gasteiger partial charge in [-0.05, 0) is 45.1 Å². The van der Waals surface area contributed by atoms with E-state index in [9.17, 15) is 0 Å². The highest BCUT2D eigenvalue weighted by atomic mass is 16.2. The van der Waals surface area contributed by atoms with Gasteiger partial charge in [0, 0.05) is 12.6 Å². The van der Waals surface area contributed by atoms with E-state index in [-0.39, 0.29) is 0 Å². The summed E-state index contributed by atoms with van der Waals surface area (Å²) in [4.78, 5) is 0. The van der Waals surface area contributed by atoms with Crippen molar-refractivity contribution in [1.82, 2.24) is 5.32 Å². The van der Waals surface area contributed by atoms with Gasteiger partial charge in [0.1, 0.15) is 0 Å². The zero-order chi connectivity index (χ0) is 9.52. The van der Waals surface area contributed by atoms with E-state index in [1.807, 2.05) is 0 Å². The average molecular weight is 185 g/mol. The number of unbranched alkanes of at least 4 members (excludes halogenated alkanes) is 1. The van der Waals surface area contributed by atoms with Crippen molar-refractivity contribution in [2.75, 3.05) is 13.7 Å². The van der Waals surface area contributed by atoms with Crippen LogP contribution in [0.25, 0.3) is 0 Å². The van der Waals surface area contributed by atoms with Crippen LogP contribution in [0.2, 0.25) is 0 Å². The molecule has 2 heteroatoms. The first-order valence-corrected chi connectivity index (χ1v) is 5.65. The zero-order valence-corrected chi connectivity index (χ0v) is 8.76. The normalized spacial score (nSPS) is 29.1. The van der Waals surface area contributed by atoms with Crippen molar-refractivity contribution in [1.29, 1.82) is 0 Å². The quantitative estimate of drug-likeness (QED) is 0.641. The van der Waals surface area contributed by atoms with E-state index >= 15 is 0 Å². The van der Waals surface area contributed by atoms with Crippen molar-refractivity contribution in [3.05, 3.63) is 0 Å². The van der Waals surface area contributed by atoms with E-state index in [0.717, 1.165) is 18.4 Å². The van der Waals surface area contributed by atoms with Gasteiger partial charge in [0.25, 0.3) is 0 Å². The summed E-state index contributed by atoms with van der Waals surface area (Å²) in [6.07, 6.45) is 9.00. The molecule has 0 saturated heterocycles. The Morgan fingerprint density at radius 2 is 1.85 bits per heavy atom. The maximum absolute atomic E-state index is 8.67. The third-order valence-corrected chi connectivity index (χ3v) is 3.28. The van der Waals surface area contributed by atoms with Gasteiger partial charge in [-0.15, -0.1) is 0 Å². The van der Waals surface area contributed by atoms with E-state index < -0.39 is 0 Å². The Morgan fingerprint density at radius 3 is 2.38 bits per heavy atom. The largest absolute Gasteiger partial charge is 0.396 e. The molecule has 0 spiro atoms. The molecule has 0 unspecified atom stereocenters. The predicted molar refractivity (Wildman–Crippen MR) is 55.7 cm³/mol. The highest BCUT2D eigenvalue weighted by molar-refractivity contribution is 4.75. The summed E-state index contributed by atoms with van der Waals surface area (Å²) >= 11 is 0. The Labute approximate surface area is 81.7 Å². The van der Waals surface area contributed by atoms with Crippen LogP contribution < -0.4 is 5.32 Å². The molecule has 1 saturated carbocycles. The minimum atomic E-state index is 0.367. The molecule has 0 heterocycles. The van der Waals surface area contributed by atoms with E-state index in [4.69, 9.17) is 5.11 Å². The van der Waals surface area contributed by atoms with Crippen LogP contribution in [0.5, 0.6) is 0 Å². The van der Waals surface area contributed by atoms with Crippen molar-refractivity contribution in [3.8, 4) is 0 Å². The molecular weight excluding hydrogens is 162 g/mol. The van der Waals surface area contributed by atoms with Crippen molar-refractivity contribution in [2.45, 2.75) is 51.0 Å². The minimum Gasteiger partial charge on any atom is -0.396 e. The number of hydrogen-bond donors (Lipinski definition) is 2. The number of nitrogens with one attached hydrogen (secondary N) is 1. The molecule has 2 N–H and O–H groups in total. The molecule has 2 nitrogen and oxygen atoms in total. The topological polar surface area (TPSA) is 32.3 Å². The summed E-state index contributed by atoms with van der Waals surface area (Å²) in [5, 5.41) is 12.0. The van der Waals surface area contributed by atoms with Crippen LogP contribution in [0.1, 0.15) is 44.9 Å². The van der Waals surface area contributed by atoms with E-state index in [2.05, 4.69) is 12.4 Å². The Kier molecular flexibility index (Phi) is 5.40. The molecule has 0 atom stereocenters. The first-order valence-electron chi connectivity index (χ1n) is 5.65. The monoisotopic (exact) mass is 185 g/mol. The standard InChI is InChI=1S/C11H23NO/c1-12-11-7-5-10(6-8-11)4-2-3-9-13/h10-13H,2-9H2,1H3/t10-,11-. The van der Waals surface area contributed by atoms with Crippen molar-refractivity contribution < 1.29 is 5.11 Å². The predicted octanol–water partition coefficient (Wildman–Crippen LogP) is 1.93. The average Bonchev–Trinajstić information content (AvgIpc) is 2.19. The van der Waals surface area contributed by atoms with Crippen molar-refractivity contribution >= 4 is 0 Å². The molecule has 0 aliphatic heterocycles. The second-order valence-electron chi connectivity index (χ2n) is 4.23. The van der Waals surface area contributed by atoms with E-state index in [0.29, 0.717) is 6.61 Å². The first kappa shape index (κ1) is 11.0. The minimum absolute atomic E-state index is 0.367. The second-order valence-corrected chi connectivity index (χ2v) is 4.23. The third kappa shape index (κ3) is 4.10. The fraction of sp³-hybridized carbons (Fsp3) is 1.00. The molecule has 13 heavy (non-hydrogen) atoms. The van der Waals surface area contributed by atoms with Crippen LogP contribution in [-0.2, 0) is 0 Å². The molecule has 0 amide bonds. The smallest absolute Gasteiger partial charge is 0.0431 e. The number of aliphatic hydroxyl groups is 1. The van der Waals surface area contributed by atoms with E-state index in [1.54, 1.807) is 0 Å². The van der Waals surface area contributed by atoms with Gasteiger partial charge in [0.2, 0.25) is 0 Å². The second kappa shape index (κ2) is 6.39. The van der Waals surface area contributed by atoms with Gasteiger partial charge in [-0.3, -0.25) is 0 Å². The molecule has 78 valence electrons. The maximum Gasteiger partial charge on any atom is 0.0431 e. The molecule has 0 aromatic carbocycles. The molecule has 1 fully saturated rings. The number of rotatable bonds is 5. The summed E-state index contributed by atoms with van der Waals surface area (Å²) < 4.78 is 0. The number of hydrogen-bond acceptors (Lipinski definition) is 2. The Balaban J connectivity index is 2.03. The lowest BCUT2D eigenvalue weighted by Gasteiger charge is -2.28. The van der Waals surface area contributed by atoms with Gasteiger partial charge in [0.05, 0.1) is 0 Å². The summed E-state index contributed by atoms with van der Waals surface area (Å²) in [6, 6.07) is 0.772. The molecule has 1 aliphatic carbocycles. The van der Waals surface area contributed by atoms with Gasteiger partial charge < -0.3 is 10.4 Å². The Hall–Kier alpha value is -0.0800. The van der Waals surface area contributed by atoms with Crippen LogP contribution in [0, 0.1) is 5.92 Å². The highest BCUT2D eigenvalue weighted by Crippen LogP contribution is 2.27. The number of aliphatic hydroxyl groups excluding tert-OH is 1. The van der Waals surface area contributed by atoms with Crippen LogP contribution in [0.3, 0.4) is 0 Å². The summed E-state index contributed by atoms with van der Waals surface area (Å²) in [5.74, 6) is 0.941. The summed E-state index contributed by atoms with van der Waals surface area (Å²) in [7, 11) is 2.07. The molecule has 1 aliphatic rings. The van der Waals surface area contributed by atoms with Crippen LogP contribution >= 0.6 is 0 Å². The van der Waals surface area contributed by atoms with Gasteiger partial charge in [0.15, 0.2) is 0 Å². The third-order valence-electron chi connectivity index (χ3n) is 3.28. The molecular formula is C11H23NO. The van der Waals surface area contributed by atoms with Gasteiger partial charge in [-0.25, -0.2) is 0 Å². The zero-order valence-electron chi connectivity index (χ0n) is 8.76. The Bertz CT molecular complexity index is 117. The molecule has 0 radical (unpaired) electrons. The fourth-order valence-electron chi connectivity index (χ4n) is 2.28. The maximum atomic E-state index is 8.67. The van der Waals surface area contributed by atoms with Gasteiger partial charge in [-0.1, -0.05) is 12.8 Å². The van der Waals surface area contributed by atoms with Crippen LogP contribution in [0.4, 0.5) is 0 Å². The summed E-state index contributed by atoms with van der Waals surface area (Å²) in [5.41, 5.74) is 0. The molecule has 0 aromatic rings. The lowest BCUT2D eigenvalue weighted by atomic mass is 9.83.